The molecule has 1 aromatic heterocycles. The lowest BCUT2D eigenvalue weighted by Crippen LogP contribution is -2.35. The van der Waals surface area contributed by atoms with E-state index in [4.69, 9.17) is 4.74 Å². The van der Waals surface area contributed by atoms with Crippen LogP contribution in [0.25, 0.3) is 0 Å². The summed E-state index contributed by atoms with van der Waals surface area (Å²) in [4.78, 5) is 18.2. The SMILES string of the molecule is CC(C)=CC(=O)Nc1ccc(OC2CCN(C)CC2)nc1. The van der Waals surface area contributed by atoms with Crippen molar-refractivity contribution in [3.63, 3.8) is 0 Å². The molecule has 0 unspecified atom stereocenters. The van der Waals surface area contributed by atoms with Gasteiger partial charge in [-0.1, -0.05) is 5.57 Å². The van der Waals surface area contributed by atoms with Gasteiger partial charge >= 0.3 is 0 Å². The zero-order chi connectivity index (χ0) is 15.2. The first-order chi connectivity index (χ1) is 10.0. The number of likely N-dealkylation sites (tertiary alicyclic amines) is 1. The van der Waals surface area contributed by atoms with Gasteiger partial charge in [-0.2, -0.15) is 0 Å². The molecule has 21 heavy (non-hydrogen) atoms. The number of allylic oxidation sites excluding steroid dienone is 1. The van der Waals surface area contributed by atoms with Crippen LogP contribution in [0.15, 0.2) is 30.0 Å². The van der Waals surface area contributed by atoms with Crippen LogP contribution >= 0.6 is 0 Å². The van der Waals surface area contributed by atoms with Crippen molar-refractivity contribution in [2.24, 2.45) is 0 Å². The average Bonchev–Trinajstić information content (AvgIpc) is 2.42. The highest BCUT2D eigenvalue weighted by Crippen LogP contribution is 2.18. The van der Waals surface area contributed by atoms with Crippen molar-refractivity contribution in [1.82, 2.24) is 9.88 Å². The van der Waals surface area contributed by atoms with Crippen molar-refractivity contribution in [1.29, 1.82) is 0 Å². The van der Waals surface area contributed by atoms with E-state index >= 15 is 0 Å². The number of anilines is 1. The van der Waals surface area contributed by atoms with Crippen LogP contribution in [-0.4, -0.2) is 42.0 Å². The van der Waals surface area contributed by atoms with Crippen LogP contribution in [0, 0.1) is 0 Å². The van der Waals surface area contributed by atoms with Crippen molar-refractivity contribution in [2.45, 2.75) is 32.8 Å². The molecule has 0 saturated carbocycles. The first-order valence-corrected chi connectivity index (χ1v) is 7.30. The van der Waals surface area contributed by atoms with E-state index in [0.29, 0.717) is 11.6 Å². The molecule has 1 aliphatic heterocycles. The Balaban J connectivity index is 1.87. The van der Waals surface area contributed by atoms with E-state index in [2.05, 4.69) is 22.2 Å². The van der Waals surface area contributed by atoms with Crippen LogP contribution in [0.4, 0.5) is 5.69 Å². The Morgan fingerprint density at radius 2 is 2.10 bits per heavy atom. The molecule has 0 aromatic carbocycles. The summed E-state index contributed by atoms with van der Waals surface area (Å²) in [5.41, 5.74) is 1.64. The van der Waals surface area contributed by atoms with Crippen LogP contribution < -0.4 is 10.1 Å². The minimum Gasteiger partial charge on any atom is -0.474 e. The Morgan fingerprint density at radius 1 is 1.38 bits per heavy atom. The molecule has 1 amide bonds. The molecule has 1 N–H and O–H groups in total. The third kappa shape index (κ3) is 5.19. The summed E-state index contributed by atoms with van der Waals surface area (Å²) in [6, 6.07) is 3.62. The predicted molar refractivity (Wildman–Crippen MR) is 83.4 cm³/mol. The molecule has 114 valence electrons. The lowest BCUT2D eigenvalue weighted by atomic mass is 10.1. The quantitative estimate of drug-likeness (QED) is 0.865. The largest absolute Gasteiger partial charge is 0.474 e. The van der Waals surface area contributed by atoms with Gasteiger partial charge in [0.2, 0.25) is 11.8 Å². The number of carbonyl (C=O) groups is 1. The van der Waals surface area contributed by atoms with Gasteiger partial charge in [-0.3, -0.25) is 4.79 Å². The second-order valence-corrected chi connectivity index (χ2v) is 5.72. The summed E-state index contributed by atoms with van der Waals surface area (Å²) in [7, 11) is 2.12. The highest BCUT2D eigenvalue weighted by atomic mass is 16.5. The number of hydrogen-bond acceptors (Lipinski definition) is 4. The molecule has 2 heterocycles. The van der Waals surface area contributed by atoms with Gasteiger partial charge in [-0.25, -0.2) is 4.98 Å². The van der Waals surface area contributed by atoms with Crippen molar-refractivity contribution < 1.29 is 9.53 Å². The molecule has 1 aromatic rings. The molecule has 0 radical (unpaired) electrons. The number of amides is 1. The summed E-state index contributed by atoms with van der Waals surface area (Å²) in [5.74, 6) is 0.477. The van der Waals surface area contributed by atoms with E-state index in [0.717, 1.165) is 31.5 Å². The Bertz CT molecular complexity index is 499. The number of hydrogen-bond donors (Lipinski definition) is 1. The minimum atomic E-state index is -0.138. The Kier molecular flexibility index (Phi) is 5.33. The highest BCUT2D eigenvalue weighted by Gasteiger charge is 2.18. The summed E-state index contributed by atoms with van der Waals surface area (Å²) >= 11 is 0. The van der Waals surface area contributed by atoms with Crippen molar-refractivity contribution in [2.75, 3.05) is 25.5 Å². The maximum Gasteiger partial charge on any atom is 0.248 e. The van der Waals surface area contributed by atoms with E-state index < -0.39 is 0 Å². The Labute approximate surface area is 126 Å². The molecule has 1 saturated heterocycles. The maximum atomic E-state index is 11.6. The van der Waals surface area contributed by atoms with Gasteiger partial charge in [0.1, 0.15) is 6.10 Å². The van der Waals surface area contributed by atoms with Crippen LogP contribution in [0.5, 0.6) is 5.88 Å². The topological polar surface area (TPSA) is 54.5 Å². The summed E-state index contributed by atoms with van der Waals surface area (Å²) in [6.07, 6.45) is 5.47. The van der Waals surface area contributed by atoms with Crippen molar-refractivity contribution in [3.8, 4) is 5.88 Å². The first-order valence-electron chi connectivity index (χ1n) is 7.30. The number of piperidine rings is 1. The highest BCUT2D eigenvalue weighted by molar-refractivity contribution is 5.99. The zero-order valence-corrected chi connectivity index (χ0v) is 12.9. The molecule has 5 heteroatoms. The molecule has 0 aliphatic carbocycles. The average molecular weight is 289 g/mol. The standard InChI is InChI=1S/C16H23N3O2/c1-12(2)10-15(20)18-13-4-5-16(17-11-13)21-14-6-8-19(3)9-7-14/h4-5,10-11,14H,6-9H2,1-3H3,(H,18,20). The summed E-state index contributed by atoms with van der Waals surface area (Å²) in [6.45, 7) is 5.88. The van der Waals surface area contributed by atoms with Gasteiger partial charge < -0.3 is 15.0 Å². The van der Waals surface area contributed by atoms with E-state index in [1.807, 2.05) is 19.9 Å². The zero-order valence-electron chi connectivity index (χ0n) is 12.9. The van der Waals surface area contributed by atoms with Crippen molar-refractivity contribution in [3.05, 3.63) is 30.0 Å². The normalized spacial score (nSPS) is 16.3. The fourth-order valence-electron chi connectivity index (χ4n) is 2.24. The lowest BCUT2D eigenvalue weighted by molar-refractivity contribution is -0.111. The second-order valence-electron chi connectivity index (χ2n) is 5.72. The van der Waals surface area contributed by atoms with Gasteiger partial charge in [0.05, 0.1) is 11.9 Å². The Hall–Kier alpha value is -1.88. The number of nitrogens with zero attached hydrogens (tertiary/aromatic N) is 2. The lowest BCUT2D eigenvalue weighted by Gasteiger charge is -2.28. The predicted octanol–water partition coefficient (Wildman–Crippen LogP) is 2.46. The second kappa shape index (κ2) is 7.22. The van der Waals surface area contributed by atoms with E-state index in [9.17, 15) is 4.79 Å². The number of aromatic nitrogens is 1. The number of nitrogens with one attached hydrogen (secondary N) is 1. The van der Waals surface area contributed by atoms with Gasteiger partial charge in [0, 0.05) is 25.2 Å². The number of rotatable bonds is 4. The maximum absolute atomic E-state index is 11.6. The number of pyridine rings is 1. The van der Waals surface area contributed by atoms with Gasteiger partial charge in [-0.05, 0) is 39.8 Å². The van der Waals surface area contributed by atoms with Crippen molar-refractivity contribution >= 4 is 11.6 Å². The van der Waals surface area contributed by atoms with E-state index in [1.165, 1.54) is 0 Å². The number of carbonyl (C=O) groups excluding carboxylic acids is 1. The smallest absolute Gasteiger partial charge is 0.248 e. The monoisotopic (exact) mass is 289 g/mol. The number of ether oxygens (including phenoxy) is 1. The third-order valence-electron chi connectivity index (χ3n) is 3.38. The van der Waals surface area contributed by atoms with Crippen LogP contribution in [-0.2, 0) is 4.79 Å². The van der Waals surface area contributed by atoms with Crippen LogP contribution in [0.1, 0.15) is 26.7 Å². The third-order valence-corrected chi connectivity index (χ3v) is 3.38. The minimum absolute atomic E-state index is 0.138. The molecule has 1 aliphatic rings. The molecule has 2 rings (SSSR count). The molecule has 5 nitrogen and oxygen atoms in total. The Morgan fingerprint density at radius 3 is 2.67 bits per heavy atom. The van der Waals surface area contributed by atoms with E-state index in [-0.39, 0.29) is 12.0 Å². The summed E-state index contributed by atoms with van der Waals surface area (Å²) < 4.78 is 5.87. The van der Waals surface area contributed by atoms with Gasteiger partial charge in [0.15, 0.2) is 0 Å². The molecule has 0 atom stereocenters. The molecule has 1 fully saturated rings. The van der Waals surface area contributed by atoms with Gasteiger partial charge in [0.25, 0.3) is 0 Å². The van der Waals surface area contributed by atoms with Crippen LogP contribution in [0.3, 0.4) is 0 Å². The molecular formula is C16H23N3O2. The first kappa shape index (κ1) is 15.5. The van der Waals surface area contributed by atoms with Crippen LogP contribution in [0.2, 0.25) is 0 Å². The van der Waals surface area contributed by atoms with Gasteiger partial charge in [-0.15, -0.1) is 0 Å². The fourth-order valence-corrected chi connectivity index (χ4v) is 2.24. The summed E-state index contributed by atoms with van der Waals surface area (Å²) in [5, 5.41) is 2.77. The molecular weight excluding hydrogens is 266 g/mol. The fraction of sp³-hybridized carbons (Fsp3) is 0.500. The molecule has 0 spiro atoms. The van der Waals surface area contributed by atoms with E-state index in [1.54, 1.807) is 18.3 Å². The molecule has 0 bridgehead atoms.